The molecule has 0 bridgehead atoms. The van der Waals surface area contributed by atoms with Crippen LogP contribution in [-0.2, 0) is 13.0 Å². The fourth-order valence-corrected chi connectivity index (χ4v) is 2.04. The van der Waals surface area contributed by atoms with Crippen molar-refractivity contribution in [1.29, 1.82) is 0 Å². The van der Waals surface area contributed by atoms with Gasteiger partial charge < -0.3 is 10.6 Å². The Morgan fingerprint density at radius 1 is 0.950 bits per heavy atom. The Balaban J connectivity index is 1.69. The number of aryl methyl sites for hydroxylation is 1. The lowest BCUT2D eigenvalue weighted by molar-refractivity contribution is 0.240. The van der Waals surface area contributed by atoms with Crippen LogP contribution in [-0.4, -0.2) is 12.6 Å². The highest BCUT2D eigenvalue weighted by molar-refractivity contribution is 5.73. The Morgan fingerprint density at radius 2 is 1.65 bits per heavy atom. The summed E-state index contributed by atoms with van der Waals surface area (Å²) < 4.78 is 0. The summed E-state index contributed by atoms with van der Waals surface area (Å²) in [7, 11) is 0. The van der Waals surface area contributed by atoms with Crippen LogP contribution in [0.25, 0.3) is 0 Å². The van der Waals surface area contributed by atoms with Gasteiger partial charge in [-0.05, 0) is 30.0 Å². The van der Waals surface area contributed by atoms with E-state index in [1.807, 2.05) is 42.5 Å². The predicted octanol–water partition coefficient (Wildman–Crippen LogP) is 3.04. The third kappa shape index (κ3) is 4.43. The van der Waals surface area contributed by atoms with Crippen LogP contribution >= 0.6 is 0 Å². The summed E-state index contributed by atoms with van der Waals surface area (Å²) in [5.41, 5.74) is 3.64. The van der Waals surface area contributed by atoms with Crippen LogP contribution in [0.4, 0.5) is 4.79 Å². The van der Waals surface area contributed by atoms with Gasteiger partial charge in [-0.2, -0.15) is 0 Å². The van der Waals surface area contributed by atoms with E-state index < -0.39 is 0 Å². The first-order chi connectivity index (χ1) is 9.75. The van der Waals surface area contributed by atoms with E-state index in [-0.39, 0.29) is 6.03 Å². The topological polar surface area (TPSA) is 41.1 Å². The van der Waals surface area contributed by atoms with E-state index >= 15 is 0 Å². The van der Waals surface area contributed by atoms with Gasteiger partial charge in [0.1, 0.15) is 0 Å². The summed E-state index contributed by atoms with van der Waals surface area (Å²) in [6.07, 6.45) is 0.853. The van der Waals surface area contributed by atoms with E-state index in [4.69, 9.17) is 0 Å². The van der Waals surface area contributed by atoms with E-state index in [0.29, 0.717) is 13.1 Å². The number of benzene rings is 2. The number of carbonyl (C=O) groups is 1. The van der Waals surface area contributed by atoms with Crippen molar-refractivity contribution in [3.8, 4) is 0 Å². The van der Waals surface area contributed by atoms with Gasteiger partial charge in [-0.3, -0.25) is 0 Å². The minimum absolute atomic E-state index is 0.123. The van der Waals surface area contributed by atoms with Gasteiger partial charge in [-0.1, -0.05) is 54.6 Å². The lowest BCUT2D eigenvalue weighted by atomic mass is 10.1. The van der Waals surface area contributed by atoms with Gasteiger partial charge in [0.2, 0.25) is 0 Å². The minimum Gasteiger partial charge on any atom is -0.338 e. The monoisotopic (exact) mass is 268 g/mol. The number of amides is 2. The molecule has 2 aromatic carbocycles. The number of rotatable bonds is 5. The lowest BCUT2D eigenvalue weighted by Gasteiger charge is -2.09. The molecule has 2 amide bonds. The highest BCUT2D eigenvalue weighted by atomic mass is 16.2. The second-order valence-corrected chi connectivity index (χ2v) is 4.77. The van der Waals surface area contributed by atoms with E-state index in [0.717, 1.165) is 12.0 Å². The molecule has 2 N–H and O–H groups in total. The van der Waals surface area contributed by atoms with Crippen molar-refractivity contribution < 1.29 is 4.79 Å². The Morgan fingerprint density at radius 3 is 2.40 bits per heavy atom. The van der Waals surface area contributed by atoms with Crippen molar-refractivity contribution >= 4 is 6.03 Å². The number of hydrogen-bond donors (Lipinski definition) is 2. The smallest absolute Gasteiger partial charge is 0.315 e. The molecule has 0 radical (unpaired) electrons. The fourth-order valence-electron chi connectivity index (χ4n) is 2.04. The second-order valence-electron chi connectivity index (χ2n) is 4.77. The van der Waals surface area contributed by atoms with Crippen LogP contribution in [0.2, 0.25) is 0 Å². The van der Waals surface area contributed by atoms with Gasteiger partial charge in [-0.25, -0.2) is 4.79 Å². The first kappa shape index (κ1) is 14.1. The highest BCUT2D eigenvalue weighted by Crippen LogP contribution is 2.06. The maximum absolute atomic E-state index is 11.7. The van der Waals surface area contributed by atoms with Crippen molar-refractivity contribution in [2.45, 2.75) is 19.9 Å². The first-order valence-electron chi connectivity index (χ1n) is 6.86. The zero-order valence-electron chi connectivity index (χ0n) is 11.7. The molecule has 0 atom stereocenters. The van der Waals surface area contributed by atoms with Gasteiger partial charge in [0.15, 0.2) is 0 Å². The molecule has 0 aliphatic carbocycles. The summed E-state index contributed by atoms with van der Waals surface area (Å²) in [6, 6.07) is 18.0. The number of nitrogens with one attached hydrogen (secondary N) is 2. The van der Waals surface area contributed by atoms with Gasteiger partial charge in [-0.15, -0.1) is 0 Å². The quantitative estimate of drug-likeness (QED) is 0.860. The van der Waals surface area contributed by atoms with Crippen molar-refractivity contribution in [2.24, 2.45) is 0 Å². The molecule has 0 aromatic heterocycles. The van der Waals surface area contributed by atoms with Gasteiger partial charge in [0, 0.05) is 13.1 Å². The normalized spacial score (nSPS) is 10.1. The third-order valence-electron chi connectivity index (χ3n) is 3.24. The van der Waals surface area contributed by atoms with E-state index in [1.165, 1.54) is 11.1 Å². The molecule has 2 rings (SSSR count). The van der Waals surface area contributed by atoms with Crippen LogP contribution < -0.4 is 10.6 Å². The van der Waals surface area contributed by atoms with E-state index in [9.17, 15) is 4.79 Å². The molecule has 0 fully saturated rings. The Labute approximate surface area is 120 Å². The Kier molecular flexibility index (Phi) is 5.18. The van der Waals surface area contributed by atoms with E-state index in [1.54, 1.807) is 0 Å². The maximum Gasteiger partial charge on any atom is 0.315 e. The van der Waals surface area contributed by atoms with Crippen LogP contribution in [0.15, 0.2) is 54.6 Å². The zero-order chi connectivity index (χ0) is 14.2. The summed E-state index contributed by atoms with van der Waals surface area (Å²) in [6.45, 7) is 3.29. The van der Waals surface area contributed by atoms with Crippen LogP contribution in [0.1, 0.15) is 16.7 Å². The highest BCUT2D eigenvalue weighted by Gasteiger charge is 2.01. The molecule has 3 heteroatoms. The third-order valence-corrected chi connectivity index (χ3v) is 3.24. The van der Waals surface area contributed by atoms with Crippen molar-refractivity contribution in [3.05, 3.63) is 71.3 Å². The number of urea groups is 1. The second kappa shape index (κ2) is 7.34. The summed E-state index contributed by atoms with van der Waals surface area (Å²) >= 11 is 0. The van der Waals surface area contributed by atoms with Crippen LogP contribution in [0, 0.1) is 6.92 Å². The van der Waals surface area contributed by atoms with Crippen LogP contribution in [0.5, 0.6) is 0 Å². The summed E-state index contributed by atoms with van der Waals surface area (Å²) in [5, 5.41) is 5.73. The first-order valence-corrected chi connectivity index (χ1v) is 6.86. The molecule has 0 saturated heterocycles. The van der Waals surface area contributed by atoms with Gasteiger partial charge in [0.05, 0.1) is 0 Å². The zero-order valence-corrected chi connectivity index (χ0v) is 11.7. The van der Waals surface area contributed by atoms with Crippen molar-refractivity contribution in [2.75, 3.05) is 6.54 Å². The summed E-state index contributed by atoms with van der Waals surface area (Å²) in [4.78, 5) is 11.7. The average molecular weight is 268 g/mol. The molecule has 0 spiro atoms. The van der Waals surface area contributed by atoms with Crippen LogP contribution in [0.3, 0.4) is 0 Å². The van der Waals surface area contributed by atoms with E-state index in [2.05, 4.69) is 29.7 Å². The summed E-state index contributed by atoms with van der Waals surface area (Å²) in [5.74, 6) is 0. The molecule has 0 saturated carbocycles. The molecule has 2 aromatic rings. The Bertz CT molecular complexity index is 552. The SMILES string of the molecule is Cc1ccccc1CCNC(=O)NCc1ccccc1. The largest absolute Gasteiger partial charge is 0.338 e. The molecule has 0 aliphatic rings. The maximum atomic E-state index is 11.7. The van der Waals surface area contributed by atoms with Crippen molar-refractivity contribution in [1.82, 2.24) is 10.6 Å². The molecule has 104 valence electrons. The number of carbonyl (C=O) groups excluding carboxylic acids is 1. The molecule has 20 heavy (non-hydrogen) atoms. The molecular formula is C17H20N2O. The molecular weight excluding hydrogens is 248 g/mol. The predicted molar refractivity (Wildman–Crippen MR) is 81.6 cm³/mol. The minimum atomic E-state index is -0.123. The molecule has 0 heterocycles. The standard InChI is InChI=1S/C17H20N2O/c1-14-7-5-6-10-16(14)11-12-18-17(20)19-13-15-8-3-2-4-9-15/h2-10H,11-13H2,1H3,(H2,18,19,20). The average Bonchev–Trinajstić information content (AvgIpc) is 2.48. The molecule has 0 unspecified atom stereocenters. The molecule has 0 aliphatic heterocycles. The Hall–Kier alpha value is -2.29. The fraction of sp³-hybridized carbons (Fsp3) is 0.235. The lowest BCUT2D eigenvalue weighted by Crippen LogP contribution is -2.36. The van der Waals surface area contributed by atoms with Gasteiger partial charge in [0.25, 0.3) is 0 Å². The molecule has 3 nitrogen and oxygen atoms in total. The van der Waals surface area contributed by atoms with Crippen molar-refractivity contribution in [3.63, 3.8) is 0 Å². The van der Waals surface area contributed by atoms with Gasteiger partial charge >= 0.3 is 6.03 Å². The number of hydrogen-bond acceptors (Lipinski definition) is 1.